The van der Waals surface area contributed by atoms with E-state index < -0.39 is 0 Å². The summed E-state index contributed by atoms with van der Waals surface area (Å²) in [7, 11) is 0. The van der Waals surface area contributed by atoms with Crippen molar-refractivity contribution in [3.8, 4) is 0 Å². The van der Waals surface area contributed by atoms with E-state index in [1.54, 1.807) is 0 Å². The van der Waals surface area contributed by atoms with Crippen molar-refractivity contribution in [2.45, 2.75) is 38.7 Å². The highest BCUT2D eigenvalue weighted by Gasteiger charge is 2.25. The van der Waals surface area contributed by atoms with Crippen molar-refractivity contribution in [3.63, 3.8) is 0 Å². The minimum Gasteiger partial charge on any atom is -0.393 e. The van der Waals surface area contributed by atoms with Gasteiger partial charge in [-0.1, -0.05) is 29.8 Å². The average Bonchev–Trinajstić information content (AvgIpc) is 2.30. The Labute approximate surface area is 96.3 Å². The maximum atomic E-state index is 12.1. The minimum atomic E-state index is -0.193. The third-order valence-electron chi connectivity index (χ3n) is 3.40. The molecule has 1 aromatic carbocycles. The molecular weight excluding hydrogens is 200 g/mol. The fraction of sp³-hybridized carbons (Fsp3) is 0.500. The molecule has 86 valence electrons. The molecule has 0 amide bonds. The molecule has 0 heterocycles. The van der Waals surface area contributed by atoms with Gasteiger partial charge in [-0.25, -0.2) is 0 Å². The molecule has 0 radical (unpaired) electrons. The van der Waals surface area contributed by atoms with E-state index in [-0.39, 0.29) is 17.8 Å². The topological polar surface area (TPSA) is 37.3 Å². The van der Waals surface area contributed by atoms with E-state index in [1.807, 2.05) is 31.2 Å². The van der Waals surface area contributed by atoms with Crippen LogP contribution in [0.5, 0.6) is 0 Å². The van der Waals surface area contributed by atoms with E-state index in [4.69, 9.17) is 0 Å². The molecule has 2 heteroatoms. The molecule has 0 unspecified atom stereocenters. The average molecular weight is 218 g/mol. The van der Waals surface area contributed by atoms with Crippen molar-refractivity contribution < 1.29 is 9.90 Å². The molecule has 2 rings (SSSR count). The molecule has 1 aliphatic carbocycles. The number of Topliss-reactive ketones (excluding diaryl/α,β-unsaturated/α-hetero) is 1. The number of aliphatic hydroxyl groups is 1. The summed E-state index contributed by atoms with van der Waals surface area (Å²) >= 11 is 0. The first-order valence-electron chi connectivity index (χ1n) is 5.96. The van der Waals surface area contributed by atoms with Crippen LogP contribution in [0, 0.1) is 12.8 Å². The molecule has 1 N–H and O–H groups in total. The number of rotatable bonds is 2. The van der Waals surface area contributed by atoms with Crippen LogP contribution in [0.4, 0.5) is 0 Å². The maximum Gasteiger partial charge on any atom is 0.165 e. The van der Waals surface area contributed by atoms with Crippen LogP contribution in [0.25, 0.3) is 0 Å². The Morgan fingerprint density at radius 1 is 1.12 bits per heavy atom. The number of carbonyl (C=O) groups is 1. The first kappa shape index (κ1) is 11.3. The standard InChI is InChI=1S/C14H18O2/c1-10-2-4-11(5-3-10)14(16)12-6-8-13(15)9-7-12/h2-5,12-13,15H,6-9H2,1H3. The van der Waals surface area contributed by atoms with Crippen LogP contribution in [-0.4, -0.2) is 17.0 Å². The van der Waals surface area contributed by atoms with Gasteiger partial charge >= 0.3 is 0 Å². The summed E-state index contributed by atoms with van der Waals surface area (Å²) in [5.41, 5.74) is 1.99. The zero-order valence-electron chi connectivity index (χ0n) is 9.65. The highest BCUT2D eigenvalue weighted by atomic mass is 16.3. The number of carbonyl (C=O) groups excluding carboxylic acids is 1. The number of hydrogen-bond acceptors (Lipinski definition) is 2. The van der Waals surface area contributed by atoms with Crippen LogP contribution in [-0.2, 0) is 0 Å². The summed E-state index contributed by atoms with van der Waals surface area (Å²) in [6.45, 7) is 2.02. The zero-order chi connectivity index (χ0) is 11.5. The molecule has 0 spiro atoms. The Hall–Kier alpha value is -1.15. The van der Waals surface area contributed by atoms with Crippen molar-refractivity contribution in [1.29, 1.82) is 0 Å². The minimum absolute atomic E-state index is 0.117. The second-order valence-corrected chi connectivity index (χ2v) is 4.74. The number of aliphatic hydroxyl groups excluding tert-OH is 1. The molecule has 2 nitrogen and oxygen atoms in total. The van der Waals surface area contributed by atoms with Gasteiger partial charge in [0.2, 0.25) is 0 Å². The van der Waals surface area contributed by atoms with E-state index in [2.05, 4.69) is 0 Å². The van der Waals surface area contributed by atoms with Crippen molar-refractivity contribution in [2.75, 3.05) is 0 Å². The highest BCUT2D eigenvalue weighted by Crippen LogP contribution is 2.27. The van der Waals surface area contributed by atoms with Gasteiger partial charge in [-0.05, 0) is 32.6 Å². The first-order chi connectivity index (χ1) is 7.66. The summed E-state index contributed by atoms with van der Waals surface area (Å²) in [6, 6.07) is 7.77. The van der Waals surface area contributed by atoms with Crippen LogP contribution in [0.2, 0.25) is 0 Å². The van der Waals surface area contributed by atoms with Crippen molar-refractivity contribution in [3.05, 3.63) is 35.4 Å². The van der Waals surface area contributed by atoms with E-state index >= 15 is 0 Å². The molecule has 0 aliphatic heterocycles. The molecule has 1 aliphatic rings. The van der Waals surface area contributed by atoms with Gasteiger partial charge in [0.1, 0.15) is 0 Å². The fourth-order valence-corrected chi connectivity index (χ4v) is 2.29. The van der Waals surface area contributed by atoms with Crippen LogP contribution in [0.1, 0.15) is 41.6 Å². The molecule has 0 bridgehead atoms. The van der Waals surface area contributed by atoms with Gasteiger partial charge in [0.25, 0.3) is 0 Å². The van der Waals surface area contributed by atoms with Gasteiger partial charge < -0.3 is 5.11 Å². The summed E-state index contributed by atoms with van der Waals surface area (Å²) in [6.07, 6.45) is 2.99. The smallest absolute Gasteiger partial charge is 0.165 e. The van der Waals surface area contributed by atoms with Crippen LogP contribution < -0.4 is 0 Å². The molecule has 1 saturated carbocycles. The van der Waals surface area contributed by atoms with Crippen LogP contribution in [0.3, 0.4) is 0 Å². The lowest BCUT2D eigenvalue weighted by atomic mass is 9.82. The fourth-order valence-electron chi connectivity index (χ4n) is 2.29. The predicted molar refractivity (Wildman–Crippen MR) is 63.5 cm³/mol. The van der Waals surface area contributed by atoms with E-state index in [1.165, 1.54) is 5.56 Å². The second-order valence-electron chi connectivity index (χ2n) is 4.74. The quantitative estimate of drug-likeness (QED) is 0.775. The Balaban J connectivity index is 2.05. The second kappa shape index (κ2) is 4.79. The number of hydrogen-bond donors (Lipinski definition) is 1. The molecule has 0 aromatic heterocycles. The molecule has 1 aromatic rings. The van der Waals surface area contributed by atoms with E-state index in [9.17, 15) is 9.90 Å². The lowest BCUT2D eigenvalue weighted by Gasteiger charge is -2.24. The van der Waals surface area contributed by atoms with Gasteiger partial charge in [-0.15, -0.1) is 0 Å². The first-order valence-corrected chi connectivity index (χ1v) is 5.96. The van der Waals surface area contributed by atoms with Gasteiger partial charge in [0.05, 0.1) is 6.10 Å². The predicted octanol–water partition coefficient (Wildman–Crippen LogP) is 2.73. The SMILES string of the molecule is Cc1ccc(C(=O)C2CCC(O)CC2)cc1. The lowest BCUT2D eigenvalue weighted by Crippen LogP contribution is -2.24. The Bertz CT molecular complexity index is 359. The van der Waals surface area contributed by atoms with Crippen LogP contribution in [0.15, 0.2) is 24.3 Å². The Morgan fingerprint density at radius 3 is 2.25 bits per heavy atom. The molecular formula is C14H18O2. The number of ketones is 1. The largest absolute Gasteiger partial charge is 0.393 e. The molecule has 0 saturated heterocycles. The Morgan fingerprint density at radius 2 is 1.69 bits per heavy atom. The van der Waals surface area contributed by atoms with E-state index in [0.29, 0.717) is 0 Å². The van der Waals surface area contributed by atoms with Gasteiger partial charge in [-0.3, -0.25) is 4.79 Å². The lowest BCUT2D eigenvalue weighted by molar-refractivity contribution is 0.0764. The van der Waals surface area contributed by atoms with Gasteiger partial charge in [-0.2, -0.15) is 0 Å². The summed E-state index contributed by atoms with van der Waals surface area (Å²) in [4.78, 5) is 12.1. The van der Waals surface area contributed by atoms with Gasteiger partial charge in [0.15, 0.2) is 5.78 Å². The molecule has 16 heavy (non-hydrogen) atoms. The normalized spacial score (nSPS) is 25.4. The summed E-state index contributed by atoms with van der Waals surface area (Å²) in [5.74, 6) is 0.359. The third kappa shape index (κ3) is 2.50. The molecule has 0 atom stereocenters. The van der Waals surface area contributed by atoms with Gasteiger partial charge in [0, 0.05) is 11.5 Å². The summed E-state index contributed by atoms with van der Waals surface area (Å²) in [5, 5.41) is 9.40. The highest BCUT2D eigenvalue weighted by molar-refractivity contribution is 5.97. The van der Waals surface area contributed by atoms with Crippen LogP contribution >= 0.6 is 0 Å². The maximum absolute atomic E-state index is 12.1. The zero-order valence-corrected chi connectivity index (χ0v) is 9.65. The summed E-state index contributed by atoms with van der Waals surface area (Å²) < 4.78 is 0. The Kier molecular flexibility index (Phi) is 3.39. The number of benzene rings is 1. The molecule has 1 fully saturated rings. The van der Waals surface area contributed by atoms with E-state index in [0.717, 1.165) is 31.2 Å². The monoisotopic (exact) mass is 218 g/mol. The van der Waals surface area contributed by atoms with Crippen molar-refractivity contribution in [1.82, 2.24) is 0 Å². The van der Waals surface area contributed by atoms with Crippen molar-refractivity contribution >= 4 is 5.78 Å². The number of aryl methyl sites for hydroxylation is 1. The van der Waals surface area contributed by atoms with Crippen molar-refractivity contribution in [2.24, 2.45) is 5.92 Å². The third-order valence-corrected chi connectivity index (χ3v) is 3.40.